The number of hydrazone groups is 1. The largest absolute Gasteiger partial charge is 0.383 e. The second kappa shape index (κ2) is 5.80. The Balaban J connectivity index is 2.00. The van der Waals surface area contributed by atoms with Crippen LogP contribution in [0.3, 0.4) is 0 Å². The first kappa shape index (κ1) is 12.1. The van der Waals surface area contributed by atoms with Crippen molar-refractivity contribution in [2.75, 3.05) is 11.2 Å². The van der Waals surface area contributed by atoms with E-state index in [-0.39, 0.29) is 0 Å². The van der Waals surface area contributed by atoms with Crippen LogP contribution in [0, 0.1) is 11.3 Å². The summed E-state index contributed by atoms with van der Waals surface area (Å²) in [5.41, 5.74) is 10.2. The Labute approximate surface area is 109 Å². The van der Waals surface area contributed by atoms with Gasteiger partial charge in [-0.2, -0.15) is 10.4 Å². The molecule has 0 aliphatic rings. The first-order valence-electron chi connectivity index (χ1n) is 5.24. The molecule has 0 aliphatic carbocycles. The van der Waals surface area contributed by atoms with Crippen molar-refractivity contribution >= 4 is 28.5 Å². The summed E-state index contributed by atoms with van der Waals surface area (Å²) in [4.78, 5) is 4.02. The Bertz CT molecular complexity index is 597. The van der Waals surface area contributed by atoms with Crippen LogP contribution < -0.4 is 11.2 Å². The molecule has 0 saturated heterocycles. The number of nitriles is 1. The van der Waals surface area contributed by atoms with Crippen molar-refractivity contribution in [2.45, 2.75) is 6.42 Å². The third-order valence-corrected chi connectivity index (χ3v) is 2.90. The van der Waals surface area contributed by atoms with Gasteiger partial charge in [0, 0.05) is 5.38 Å². The van der Waals surface area contributed by atoms with Gasteiger partial charge in [0.15, 0.2) is 0 Å². The van der Waals surface area contributed by atoms with E-state index in [4.69, 9.17) is 11.0 Å². The zero-order valence-corrected chi connectivity index (χ0v) is 10.3. The van der Waals surface area contributed by atoms with Crippen molar-refractivity contribution in [3.05, 3.63) is 40.8 Å². The van der Waals surface area contributed by atoms with Gasteiger partial charge < -0.3 is 5.73 Å². The molecule has 5 nitrogen and oxygen atoms in total. The minimum Gasteiger partial charge on any atom is -0.383 e. The van der Waals surface area contributed by atoms with E-state index in [9.17, 15) is 0 Å². The molecule has 0 bridgehead atoms. The van der Waals surface area contributed by atoms with E-state index in [1.807, 2.05) is 24.3 Å². The van der Waals surface area contributed by atoms with E-state index in [0.717, 1.165) is 11.1 Å². The smallest absolute Gasteiger partial charge is 0.205 e. The molecule has 0 fully saturated rings. The first-order chi connectivity index (χ1) is 8.78. The number of nitrogen functional groups attached to an aromatic ring is 1. The molecule has 1 aromatic heterocycles. The molecule has 2 aromatic rings. The van der Waals surface area contributed by atoms with Crippen molar-refractivity contribution in [2.24, 2.45) is 5.10 Å². The number of benzene rings is 1. The Morgan fingerprint density at radius 3 is 3.17 bits per heavy atom. The maximum Gasteiger partial charge on any atom is 0.205 e. The van der Waals surface area contributed by atoms with Crippen molar-refractivity contribution < 1.29 is 0 Å². The van der Waals surface area contributed by atoms with Gasteiger partial charge in [-0.1, -0.05) is 18.2 Å². The molecule has 0 unspecified atom stereocenters. The summed E-state index contributed by atoms with van der Waals surface area (Å²) >= 11 is 1.39. The lowest BCUT2D eigenvalue weighted by Gasteiger charge is -1.97. The summed E-state index contributed by atoms with van der Waals surface area (Å²) in [5, 5.41) is 15.1. The minimum absolute atomic E-state index is 0.401. The predicted octanol–water partition coefficient (Wildman–Crippen LogP) is 2.24. The SMILES string of the molecule is N#CCc1cccc(C=NNc2nc(N)cs2)c1. The zero-order valence-electron chi connectivity index (χ0n) is 9.50. The molecule has 0 saturated carbocycles. The van der Waals surface area contributed by atoms with E-state index in [2.05, 4.69) is 21.6 Å². The lowest BCUT2D eigenvalue weighted by atomic mass is 10.1. The fourth-order valence-corrected chi connectivity index (χ4v) is 1.92. The van der Waals surface area contributed by atoms with Crippen LogP contribution in [0.15, 0.2) is 34.7 Å². The van der Waals surface area contributed by atoms with Crippen molar-refractivity contribution in [3.63, 3.8) is 0 Å². The molecule has 0 radical (unpaired) electrons. The van der Waals surface area contributed by atoms with Gasteiger partial charge in [-0.25, -0.2) is 4.98 Å². The number of rotatable bonds is 4. The fraction of sp³-hybridized carbons (Fsp3) is 0.0833. The van der Waals surface area contributed by atoms with Crippen LogP contribution in [0.4, 0.5) is 10.9 Å². The van der Waals surface area contributed by atoms with Gasteiger partial charge in [0.25, 0.3) is 0 Å². The average molecular weight is 257 g/mol. The number of hydrogen-bond acceptors (Lipinski definition) is 6. The van der Waals surface area contributed by atoms with Crippen LogP contribution in [0.25, 0.3) is 0 Å². The number of nitrogens with two attached hydrogens (primary N) is 1. The van der Waals surface area contributed by atoms with Gasteiger partial charge in [-0.3, -0.25) is 5.43 Å². The Morgan fingerprint density at radius 2 is 2.44 bits per heavy atom. The van der Waals surface area contributed by atoms with E-state index < -0.39 is 0 Å². The van der Waals surface area contributed by atoms with Crippen LogP contribution in [0.1, 0.15) is 11.1 Å². The van der Waals surface area contributed by atoms with Gasteiger partial charge in [0.05, 0.1) is 18.7 Å². The molecule has 3 N–H and O–H groups in total. The first-order valence-corrected chi connectivity index (χ1v) is 6.12. The molecule has 1 heterocycles. The lowest BCUT2D eigenvalue weighted by molar-refractivity contribution is 1.26. The van der Waals surface area contributed by atoms with Crippen LogP contribution in [-0.4, -0.2) is 11.2 Å². The maximum atomic E-state index is 8.62. The van der Waals surface area contributed by atoms with Crippen LogP contribution in [-0.2, 0) is 6.42 Å². The van der Waals surface area contributed by atoms with Gasteiger partial charge in [0.1, 0.15) is 5.82 Å². The highest BCUT2D eigenvalue weighted by Crippen LogP contribution is 2.16. The highest BCUT2D eigenvalue weighted by atomic mass is 32.1. The zero-order chi connectivity index (χ0) is 12.8. The fourth-order valence-electron chi connectivity index (χ4n) is 1.37. The van der Waals surface area contributed by atoms with Gasteiger partial charge in [0.2, 0.25) is 5.13 Å². The molecule has 6 heteroatoms. The number of aromatic nitrogens is 1. The van der Waals surface area contributed by atoms with E-state index in [0.29, 0.717) is 17.4 Å². The summed E-state index contributed by atoms with van der Waals surface area (Å²) in [5.74, 6) is 0.480. The third kappa shape index (κ3) is 3.30. The lowest BCUT2D eigenvalue weighted by Crippen LogP contribution is -1.92. The topological polar surface area (TPSA) is 87.1 Å². The van der Waals surface area contributed by atoms with Crippen LogP contribution in [0.5, 0.6) is 0 Å². The van der Waals surface area contributed by atoms with E-state index >= 15 is 0 Å². The molecule has 0 spiro atoms. The van der Waals surface area contributed by atoms with Crippen molar-refractivity contribution in [3.8, 4) is 6.07 Å². The molecule has 2 rings (SSSR count). The number of nitrogens with zero attached hydrogens (tertiary/aromatic N) is 3. The quantitative estimate of drug-likeness (QED) is 0.649. The van der Waals surface area contributed by atoms with Crippen LogP contribution in [0.2, 0.25) is 0 Å². The second-order valence-electron chi connectivity index (χ2n) is 3.53. The molecular weight excluding hydrogens is 246 g/mol. The summed E-state index contributed by atoms with van der Waals surface area (Å²) in [6.45, 7) is 0. The molecule has 0 aliphatic heterocycles. The Morgan fingerprint density at radius 1 is 1.56 bits per heavy atom. The Kier molecular flexibility index (Phi) is 3.89. The standard InChI is InChI=1S/C12H11N5S/c13-5-4-9-2-1-3-10(6-9)7-15-17-12-16-11(14)8-18-12/h1-3,6-8H,4,14H2,(H,16,17). The molecule has 0 amide bonds. The normalized spacial score (nSPS) is 10.4. The van der Waals surface area contributed by atoms with Gasteiger partial charge >= 0.3 is 0 Å². The molecular formula is C12H11N5S. The molecule has 1 aromatic carbocycles. The monoisotopic (exact) mass is 257 g/mol. The van der Waals surface area contributed by atoms with E-state index in [1.165, 1.54) is 11.3 Å². The molecule has 90 valence electrons. The number of hydrogen-bond donors (Lipinski definition) is 2. The number of anilines is 2. The maximum absolute atomic E-state index is 8.62. The summed E-state index contributed by atoms with van der Waals surface area (Å²) < 4.78 is 0. The predicted molar refractivity (Wildman–Crippen MR) is 73.5 cm³/mol. The van der Waals surface area contributed by atoms with Crippen molar-refractivity contribution in [1.82, 2.24) is 4.98 Å². The van der Waals surface area contributed by atoms with Crippen molar-refractivity contribution in [1.29, 1.82) is 5.26 Å². The average Bonchev–Trinajstić information content (AvgIpc) is 2.76. The number of thiazole rings is 1. The minimum atomic E-state index is 0.401. The summed E-state index contributed by atoms with van der Waals surface area (Å²) in [7, 11) is 0. The van der Waals surface area contributed by atoms with Gasteiger partial charge in [-0.15, -0.1) is 11.3 Å². The van der Waals surface area contributed by atoms with Crippen LogP contribution >= 0.6 is 11.3 Å². The second-order valence-corrected chi connectivity index (χ2v) is 4.39. The Hall–Kier alpha value is -2.39. The third-order valence-electron chi connectivity index (χ3n) is 2.13. The van der Waals surface area contributed by atoms with E-state index in [1.54, 1.807) is 11.6 Å². The molecule has 0 atom stereocenters. The highest BCUT2D eigenvalue weighted by molar-refractivity contribution is 7.14. The summed E-state index contributed by atoms with van der Waals surface area (Å²) in [6, 6.07) is 9.76. The summed E-state index contributed by atoms with van der Waals surface area (Å²) in [6.07, 6.45) is 2.08. The highest BCUT2D eigenvalue weighted by Gasteiger charge is 1.96. The number of nitrogens with one attached hydrogen (secondary N) is 1. The van der Waals surface area contributed by atoms with Gasteiger partial charge in [-0.05, 0) is 17.2 Å². The molecule has 18 heavy (non-hydrogen) atoms.